The highest BCUT2D eigenvalue weighted by Gasteiger charge is 2.09. The third kappa shape index (κ3) is 3.31. The van der Waals surface area contributed by atoms with Crippen LogP contribution >= 0.6 is 0 Å². The first kappa shape index (κ1) is 12.6. The SMILES string of the molecule is Cc1cccc(CC(O)Cc2cccnc2N)c1. The molecule has 0 amide bonds. The van der Waals surface area contributed by atoms with Gasteiger partial charge in [-0.05, 0) is 30.5 Å². The Hall–Kier alpha value is -1.87. The summed E-state index contributed by atoms with van der Waals surface area (Å²) in [4.78, 5) is 4.02. The first-order valence-electron chi connectivity index (χ1n) is 6.08. The minimum atomic E-state index is -0.432. The maximum atomic E-state index is 10.1. The first-order chi connectivity index (χ1) is 8.65. The fraction of sp³-hybridized carbons (Fsp3) is 0.267. The van der Waals surface area contributed by atoms with Crippen LogP contribution in [0.5, 0.6) is 0 Å². The predicted octanol–water partition coefficient (Wildman–Crippen LogP) is 2.12. The number of pyridine rings is 1. The number of aryl methyl sites for hydroxylation is 1. The molecule has 0 saturated carbocycles. The third-order valence-corrected chi connectivity index (χ3v) is 2.94. The molecule has 0 spiro atoms. The Kier molecular flexibility index (Phi) is 3.95. The summed E-state index contributed by atoms with van der Waals surface area (Å²) in [5.74, 6) is 0.501. The van der Waals surface area contributed by atoms with Crippen LogP contribution in [0.3, 0.4) is 0 Å². The van der Waals surface area contributed by atoms with Gasteiger partial charge in [0, 0.05) is 12.6 Å². The van der Waals surface area contributed by atoms with Gasteiger partial charge in [0.05, 0.1) is 6.10 Å². The molecule has 1 unspecified atom stereocenters. The minimum absolute atomic E-state index is 0.432. The van der Waals surface area contributed by atoms with E-state index in [0.29, 0.717) is 18.7 Å². The second kappa shape index (κ2) is 5.65. The van der Waals surface area contributed by atoms with Crippen molar-refractivity contribution in [2.45, 2.75) is 25.9 Å². The van der Waals surface area contributed by atoms with Crippen molar-refractivity contribution in [3.63, 3.8) is 0 Å². The smallest absolute Gasteiger partial charge is 0.126 e. The molecule has 0 radical (unpaired) electrons. The van der Waals surface area contributed by atoms with Crippen LogP contribution < -0.4 is 5.73 Å². The van der Waals surface area contributed by atoms with Gasteiger partial charge in [-0.2, -0.15) is 0 Å². The van der Waals surface area contributed by atoms with E-state index in [1.807, 2.05) is 24.3 Å². The molecular weight excluding hydrogens is 224 g/mol. The van der Waals surface area contributed by atoms with Crippen molar-refractivity contribution in [2.24, 2.45) is 0 Å². The van der Waals surface area contributed by atoms with E-state index in [1.54, 1.807) is 6.20 Å². The monoisotopic (exact) mass is 242 g/mol. The number of benzene rings is 1. The Balaban J connectivity index is 2.01. The highest BCUT2D eigenvalue weighted by Crippen LogP contribution is 2.13. The summed E-state index contributed by atoms with van der Waals surface area (Å²) in [6.07, 6.45) is 2.40. The zero-order chi connectivity index (χ0) is 13.0. The van der Waals surface area contributed by atoms with E-state index < -0.39 is 6.10 Å². The summed E-state index contributed by atoms with van der Waals surface area (Å²) in [6.45, 7) is 2.05. The molecule has 18 heavy (non-hydrogen) atoms. The van der Waals surface area contributed by atoms with Gasteiger partial charge in [0.15, 0.2) is 0 Å². The zero-order valence-corrected chi connectivity index (χ0v) is 10.5. The number of aliphatic hydroxyl groups is 1. The zero-order valence-electron chi connectivity index (χ0n) is 10.5. The Morgan fingerprint density at radius 1 is 1.22 bits per heavy atom. The lowest BCUT2D eigenvalue weighted by molar-refractivity contribution is 0.175. The van der Waals surface area contributed by atoms with Gasteiger partial charge in [0.25, 0.3) is 0 Å². The lowest BCUT2D eigenvalue weighted by Gasteiger charge is -2.12. The summed E-state index contributed by atoms with van der Waals surface area (Å²) in [5.41, 5.74) is 9.02. The maximum absolute atomic E-state index is 10.1. The van der Waals surface area contributed by atoms with Crippen molar-refractivity contribution in [3.8, 4) is 0 Å². The molecule has 2 aromatic rings. The Labute approximate surface area is 107 Å². The van der Waals surface area contributed by atoms with E-state index in [9.17, 15) is 5.11 Å². The van der Waals surface area contributed by atoms with Crippen molar-refractivity contribution in [3.05, 3.63) is 59.3 Å². The molecule has 1 atom stereocenters. The number of nitrogens with two attached hydrogens (primary N) is 1. The van der Waals surface area contributed by atoms with E-state index in [4.69, 9.17) is 5.73 Å². The van der Waals surface area contributed by atoms with Gasteiger partial charge in [-0.15, -0.1) is 0 Å². The van der Waals surface area contributed by atoms with Crippen LogP contribution in [-0.4, -0.2) is 16.2 Å². The largest absolute Gasteiger partial charge is 0.392 e. The standard InChI is InChI=1S/C15H18N2O/c1-11-4-2-5-12(8-11)9-14(18)10-13-6-3-7-17-15(13)16/h2-8,14,18H,9-10H2,1H3,(H2,16,17). The number of hydrogen-bond donors (Lipinski definition) is 2. The molecule has 0 fully saturated rings. The normalized spacial score (nSPS) is 12.3. The minimum Gasteiger partial charge on any atom is -0.392 e. The van der Waals surface area contributed by atoms with Crippen molar-refractivity contribution in [2.75, 3.05) is 5.73 Å². The first-order valence-corrected chi connectivity index (χ1v) is 6.08. The molecule has 0 aliphatic heterocycles. The molecule has 0 saturated heterocycles. The molecule has 1 aromatic carbocycles. The predicted molar refractivity (Wildman–Crippen MR) is 73.2 cm³/mol. The lowest BCUT2D eigenvalue weighted by atomic mass is 10.0. The van der Waals surface area contributed by atoms with Crippen LogP contribution in [0.1, 0.15) is 16.7 Å². The molecule has 3 heteroatoms. The summed E-state index contributed by atoms with van der Waals surface area (Å²) < 4.78 is 0. The van der Waals surface area contributed by atoms with Crippen LogP contribution in [-0.2, 0) is 12.8 Å². The third-order valence-electron chi connectivity index (χ3n) is 2.94. The highest BCUT2D eigenvalue weighted by atomic mass is 16.3. The van der Waals surface area contributed by atoms with Crippen molar-refractivity contribution >= 4 is 5.82 Å². The highest BCUT2D eigenvalue weighted by molar-refractivity contribution is 5.39. The lowest BCUT2D eigenvalue weighted by Crippen LogP contribution is -2.15. The molecule has 1 heterocycles. The number of aliphatic hydroxyl groups excluding tert-OH is 1. The number of hydrogen-bond acceptors (Lipinski definition) is 3. The Morgan fingerprint density at radius 2 is 2.06 bits per heavy atom. The fourth-order valence-corrected chi connectivity index (χ4v) is 2.06. The van der Waals surface area contributed by atoms with Gasteiger partial charge in [0.2, 0.25) is 0 Å². The molecule has 0 bridgehead atoms. The molecule has 0 aliphatic carbocycles. The van der Waals surface area contributed by atoms with Gasteiger partial charge in [0.1, 0.15) is 5.82 Å². The Morgan fingerprint density at radius 3 is 2.78 bits per heavy atom. The van der Waals surface area contributed by atoms with Crippen LogP contribution in [0, 0.1) is 6.92 Å². The van der Waals surface area contributed by atoms with Gasteiger partial charge in [-0.25, -0.2) is 4.98 Å². The summed E-state index contributed by atoms with van der Waals surface area (Å²) >= 11 is 0. The average Bonchev–Trinajstić information content (AvgIpc) is 2.32. The Bertz CT molecular complexity index is 525. The molecule has 3 nitrogen and oxygen atoms in total. The molecule has 2 rings (SSSR count). The van der Waals surface area contributed by atoms with E-state index >= 15 is 0 Å². The topological polar surface area (TPSA) is 59.1 Å². The van der Waals surface area contributed by atoms with Crippen molar-refractivity contribution in [1.82, 2.24) is 4.98 Å². The van der Waals surface area contributed by atoms with Crippen LogP contribution in [0.4, 0.5) is 5.82 Å². The number of rotatable bonds is 4. The molecule has 0 aliphatic rings. The maximum Gasteiger partial charge on any atom is 0.126 e. The van der Waals surface area contributed by atoms with Gasteiger partial charge in [-0.3, -0.25) is 0 Å². The molecule has 3 N–H and O–H groups in total. The van der Waals surface area contributed by atoms with Crippen LogP contribution in [0.15, 0.2) is 42.6 Å². The average molecular weight is 242 g/mol. The molecular formula is C15H18N2O. The number of nitrogen functional groups attached to an aromatic ring is 1. The van der Waals surface area contributed by atoms with E-state index in [-0.39, 0.29) is 0 Å². The second-order valence-electron chi connectivity index (χ2n) is 4.60. The van der Waals surface area contributed by atoms with Crippen molar-refractivity contribution in [1.29, 1.82) is 0 Å². The van der Waals surface area contributed by atoms with E-state index in [0.717, 1.165) is 11.1 Å². The van der Waals surface area contributed by atoms with Gasteiger partial charge < -0.3 is 10.8 Å². The summed E-state index contributed by atoms with van der Waals surface area (Å²) in [5, 5.41) is 10.1. The van der Waals surface area contributed by atoms with Crippen LogP contribution in [0.2, 0.25) is 0 Å². The number of aromatic nitrogens is 1. The van der Waals surface area contributed by atoms with E-state index in [2.05, 4.69) is 24.0 Å². The van der Waals surface area contributed by atoms with Gasteiger partial charge in [-0.1, -0.05) is 35.9 Å². The molecule has 1 aromatic heterocycles. The fourth-order valence-electron chi connectivity index (χ4n) is 2.06. The van der Waals surface area contributed by atoms with Crippen LogP contribution in [0.25, 0.3) is 0 Å². The summed E-state index contributed by atoms with van der Waals surface area (Å²) in [6, 6.07) is 11.9. The summed E-state index contributed by atoms with van der Waals surface area (Å²) in [7, 11) is 0. The second-order valence-corrected chi connectivity index (χ2v) is 4.60. The van der Waals surface area contributed by atoms with E-state index in [1.165, 1.54) is 5.56 Å². The molecule has 94 valence electrons. The number of anilines is 1. The van der Waals surface area contributed by atoms with Gasteiger partial charge >= 0.3 is 0 Å². The van der Waals surface area contributed by atoms with Crippen molar-refractivity contribution < 1.29 is 5.11 Å². The number of nitrogens with zero attached hydrogens (tertiary/aromatic N) is 1. The quantitative estimate of drug-likeness (QED) is 0.863.